The Labute approximate surface area is 114 Å². The molecule has 0 atom stereocenters. The molecular formula is C14H10F2N4. The third kappa shape index (κ3) is 2.18. The van der Waals surface area contributed by atoms with Crippen molar-refractivity contribution >= 4 is 5.82 Å². The van der Waals surface area contributed by atoms with E-state index in [1.807, 2.05) is 11.0 Å². The molecule has 0 N–H and O–H groups in total. The Kier molecular flexibility index (Phi) is 3.03. The molecule has 0 fully saturated rings. The van der Waals surface area contributed by atoms with Crippen LogP contribution in [0.4, 0.5) is 14.6 Å². The molecule has 0 saturated carbocycles. The van der Waals surface area contributed by atoms with Gasteiger partial charge < -0.3 is 4.90 Å². The van der Waals surface area contributed by atoms with E-state index < -0.39 is 11.6 Å². The van der Waals surface area contributed by atoms with Gasteiger partial charge in [0.25, 0.3) is 0 Å². The number of aromatic nitrogens is 2. The monoisotopic (exact) mass is 272 g/mol. The molecule has 0 saturated heterocycles. The summed E-state index contributed by atoms with van der Waals surface area (Å²) in [5.41, 5.74) is 1.42. The average molecular weight is 272 g/mol. The van der Waals surface area contributed by atoms with Gasteiger partial charge in [0, 0.05) is 19.2 Å². The van der Waals surface area contributed by atoms with E-state index in [0.29, 0.717) is 36.5 Å². The van der Waals surface area contributed by atoms with Crippen LogP contribution in [0.2, 0.25) is 0 Å². The molecule has 0 bridgehead atoms. The molecule has 1 aromatic heterocycles. The van der Waals surface area contributed by atoms with Gasteiger partial charge in [0.05, 0.1) is 12.4 Å². The van der Waals surface area contributed by atoms with Gasteiger partial charge in [-0.15, -0.1) is 0 Å². The van der Waals surface area contributed by atoms with E-state index in [-0.39, 0.29) is 5.69 Å². The summed E-state index contributed by atoms with van der Waals surface area (Å²) in [4.78, 5) is 9.98. The summed E-state index contributed by atoms with van der Waals surface area (Å²) in [6.45, 7) is 0.959. The summed E-state index contributed by atoms with van der Waals surface area (Å²) >= 11 is 0. The fourth-order valence-corrected chi connectivity index (χ4v) is 2.35. The third-order valence-corrected chi connectivity index (χ3v) is 3.32. The molecule has 100 valence electrons. The van der Waals surface area contributed by atoms with Crippen LogP contribution in [0.15, 0.2) is 24.5 Å². The highest BCUT2D eigenvalue weighted by Crippen LogP contribution is 2.25. The zero-order valence-corrected chi connectivity index (χ0v) is 10.5. The van der Waals surface area contributed by atoms with Crippen molar-refractivity contribution in [2.24, 2.45) is 0 Å². The Morgan fingerprint density at radius 3 is 2.75 bits per heavy atom. The molecule has 2 heterocycles. The van der Waals surface area contributed by atoms with Crippen molar-refractivity contribution in [3.63, 3.8) is 0 Å². The maximum absolute atomic E-state index is 13.6. The normalized spacial score (nSPS) is 13.8. The second kappa shape index (κ2) is 4.85. The summed E-state index contributed by atoms with van der Waals surface area (Å²) in [5.74, 6) is -0.473. The van der Waals surface area contributed by atoms with Gasteiger partial charge in [0.2, 0.25) is 0 Å². The molecule has 0 aliphatic carbocycles. The minimum atomic E-state index is -0.575. The molecule has 2 aromatic rings. The lowest BCUT2D eigenvalue weighted by Crippen LogP contribution is -2.31. The van der Waals surface area contributed by atoms with Crippen molar-refractivity contribution in [1.82, 2.24) is 9.97 Å². The van der Waals surface area contributed by atoms with Crippen molar-refractivity contribution in [2.75, 3.05) is 11.4 Å². The highest BCUT2D eigenvalue weighted by molar-refractivity contribution is 5.43. The number of anilines is 1. The molecule has 1 aromatic carbocycles. The first-order chi connectivity index (χ1) is 9.67. The van der Waals surface area contributed by atoms with Crippen LogP contribution in [0, 0.1) is 23.0 Å². The number of fused-ring (bicyclic) bond motifs is 1. The zero-order chi connectivity index (χ0) is 14.1. The highest BCUT2D eigenvalue weighted by atomic mass is 19.1. The maximum atomic E-state index is 13.6. The molecule has 20 heavy (non-hydrogen) atoms. The van der Waals surface area contributed by atoms with Gasteiger partial charge >= 0.3 is 0 Å². The van der Waals surface area contributed by atoms with Crippen molar-refractivity contribution in [3.8, 4) is 6.07 Å². The first-order valence-corrected chi connectivity index (χ1v) is 6.11. The van der Waals surface area contributed by atoms with Crippen molar-refractivity contribution in [2.45, 2.75) is 13.0 Å². The van der Waals surface area contributed by atoms with Gasteiger partial charge in [-0.25, -0.2) is 18.7 Å². The first kappa shape index (κ1) is 12.5. The molecule has 0 spiro atoms. The van der Waals surface area contributed by atoms with Gasteiger partial charge in [-0.2, -0.15) is 5.26 Å². The average Bonchev–Trinajstić information content (AvgIpc) is 2.46. The SMILES string of the molecule is N#Cc1cnc(N2CCc3c(F)cc(F)cc3C2)cn1. The minimum Gasteiger partial charge on any atom is -0.351 e. The Hall–Kier alpha value is -2.55. The number of rotatable bonds is 1. The molecule has 0 unspecified atom stereocenters. The molecule has 3 rings (SSSR count). The lowest BCUT2D eigenvalue weighted by atomic mass is 9.99. The number of hydrogen-bond acceptors (Lipinski definition) is 4. The van der Waals surface area contributed by atoms with Gasteiger partial charge in [-0.3, -0.25) is 0 Å². The lowest BCUT2D eigenvalue weighted by molar-refractivity contribution is 0.555. The topological polar surface area (TPSA) is 52.8 Å². The standard InChI is InChI=1S/C14H10F2N4/c15-10-3-9-8-20(2-1-12(9)13(16)4-10)14-7-18-11(5-17)6-19-14/h3-4,6-7H,1-2,8H2. The van der Waals surface area contributed by atoms with E-state index in [1.54, 1.807) is 0 Å². The highest BCUT2D eigenvalue weighted by Gasteiger charge is 2.21. The van der Waals surface area contributed by atoms with Crippen LogP contribution in [0.5, 0.6) is 0 Å². The minimum absolute atomic E-state index is 0.239. The second-order valence-electron chi connectivity index (χ2n) is 4.57. The summed E-state index contributed by atoms with van der Waals surface area (Å²) in [7, 11) is 0. The van der Waals surface area contributed by atoms with Crippen LogP contribution in [0.25, 0.3) is 0 Å². The lowest BCUT2D eigenvalue weighted by Gasteiger charge is -2.29. The molecule has 6 heteroatoms. The van der Waals surface area contributed by atoms with Crippen LogP contribution in [-0.2, 0) is 13.0 Å². The van der Waals surface area contributed by atoms with Crippen LogP contribution >= 0.6 is 0 Å². The van der Waals surface area contributed by atoms with Crippen molar-refractivity contribution in [1.29, 1.82) is 5.26 Å². The maximum Gasteiger partial charge on any atom is 0.158 e. The summed E-state index contributed by atoms with van der Waals surface area (Å²) in [6.07, 6.45) is 3.37. The summed E-state index contributed by atoms with van der Waals surface area (Å²) in [6, 6.07) is 4.16. The fraction of sp³-hybridized carbons (Fsp3) is 0.214. The second-order valence-corrected chi connectivity index (χ2v) is 4.57. The number of nitrogens with zero attached hydrogens (tertiary/aromatic N) is 4. The predicted octanol–water partition coefficient (Wildman–Crippen LogP) is 2.19. The van der Waals surface area contributed by atoms with Gasteiger partial charge in [0.15, 0.2) is 5.69 Å². The number of benzene rings is 1. The molecule has 1 aliphatic heterocycles. The van der Waals surface area contributed by atoms with Gasteiger partial charge in [-0.05, 0) is 23.6 Å². The van der Waals surface area contributed by atoms with Crippen molar-refractivity contribution in [3.05, 3.63) is 53.0 Å². The van der Waals surface area contributed by atoms with Crippen LogP contribution in [0.1, 0.15) is 16.8 Å². The Morgan fingerprint density at radius 1 is 1.20 bits per heavy atom. The zero-order valence-electron chi connectivity index (χ0n) is 10.5. The van der Waals surface area contributed by atoms with E-state index in [1.165, 1.54) is 18.5 Å². The number of halogens is 2. The van der Waals surface area contributed by atoms with E-state index in [4.69, 9.17) is 5.26 Å². The van der Waals surface area contributed by atoms with Crippen LogP contribution in [-0.4, -0.2) is 16.5 Å². The van der Waals surface area contributed by atoms with Crippen molar-refractivity contribution < 1.29 is 8.78 Å². The first-order valence-electron chi connectivity index (χ1n) is 6.11. The third-order valence-electron chi connectivity index (χ3n) is 3.32. The smallest absolute Gasteiger partial charge is 0.158 e. The van der Waals surface area contributed by atoms with E-state index in [2.05, 4.69) is 9.97 Å². The predicted molar refractivity (Wildman–Crippen MR) is 67.9 cm³/mol. The van der Waals surface area contributed by atoms with Crippen LogP contribution in [0.3, 0.4) is 0 Å². The Bertz CT molecular complexity index is 692. The Balaban J connectivity index is 1.90. The molecule has 4 nitrogen and oxygen atoms in total. The fourth-order valence-electron chi connectivity index (χ4n) is 2.35. The van der Waals surface area contributed by atoms with E-state index in [0.717, 1.165) is 6.07 Å². The molecule has 1 aliphatic rings. The van der Waals surface area contributed by atoms with Crippen LogP contribution < -0.4 is 4.90 Å². The Morgan fingerprint density at radius 2 is 2.05 bits per heavy atom. The van der Waals surface area contributed by atoms with E-state index >= 15 is 0 Å². The molecule has 0 amide bonds. The largest absolute Gasteiger partial charge is 0.351 e. The summed E-state index contributed by atoms with van der Waals surface area (Å²) < 4.78 is 26.9. The quantitative estimate of drug-likeness (QED) is 0.798. The summed E-state index contributed by atoms with van der Waals surface area (Å²) in [5, 5.41) is 8.68. The number of hydrogen-bond donors (Lipinski definition) is 0. The number of nitriles is 1. The van der Waals surface area contributed by atoms with Gasteiger partial charge in [-0.1, -0.05) is 0 Å². The van der Waals surface area contributed by atoms with Gasteiger partial charge in [0.1, 0.15) is 23.5 Å². The molecule has 0 radical (unpaired) electrons. The van der Waals surface area contributed by atoms with E-state index in [9.17, 15) is 8.78 Å². The molecular weight excluding hydrogens is 262 g/mol.